The average Bonchev–Trinajstić information content (AvgIpc) is 2.33. The molecule has 0 aromatic rings. The molecule has 0 fully saturated rings. The molecule has 0 aliphatic carbocycles. The van der Waals surface area contributed by atoms with Gasteiger partial charge in [0.25, 0.3) is 0 Å². The number of hydrogen-bond donors (Lipinski definition) is 0. The highest BCUT2D eigenvalue weighted by atomic mass is 14.3. The van der Waals surface area contributed by atoms with Crippen molar-refractivity contribution in [1.29, 1.82) is 0 Å². The van der Waals surface area contributed by atoms with Crippen molar-refractivity contribution in [2.24, 2.45) is 22.7 Å². The zero-order valence-corrected chi connectivity index (χ0v) is 16.3. The second-order valence-corrected chi connectivity index (χ2v) is 9.39. The quantitative estimate of drug-likeness (QED) is 0.343. The molecule has 0 heterocycles. The molecule has 1 unspecified atom stereocenters. The summed E-state index contributed by atoms with van der Waals surface area (Å²) < 4.78 is 0. The van der Waals surface area contributed by atoms with Gasteiger partial charge in [0.05, 0.1) is 0 Å². The molecular formula is C21H42. The molecule has 0 aliphatic heterocycles. The Morgan fingerprint density at radius 2 is 1.43 bits per heavy atom. The van der Waals surface area contributed by atoms with Crippen LogP contribution in [0.25, 0.3) is 0 Å². The van der Waals surface area contributed by atoms with E-state index in [1.807, 2.05) is 0 Å². The van der Waals surface area contributed by atoms with Gasteiger partial charge in [-0.15, -0.1) is 0 Å². The third-order valence-corrected chi connectivity index (χ3v) is 4.84. The summed E-state index contributed by atoms with van der Waals surface area (Å²) in [7, 11) is 0. The van der Waals surface area contributed by atoms with E-state index in [9.17, 15) is 0 Å². The number of rotatable bonds is 11. The van der Waals surface area contributed by atoms with Gasteiger partial charge < -0.3 is 0 Å². The van der Waals surface area contributed by atoms with Gasteiger partial charge in [-0.05, 0) is 54.8 Å². The van der Waals surface area contributed by atoms with E-state index in [4.69, 9.17) is 0 Å². The summed E-state index contributed by atoms with van der Waals surface area (Å²) in [6.45, 7) is 23.2. The standard InChI is InChI=1S/C21H42/c1-10-18(4)15-21(8,9)14-12-19(5)16-20(6,7)13-11-17(2)3/h17,19H,4,10-16H2,1-3,5-9H3. The fourth-order valence-corrected chi connectivity index (χ4v) is 3.35. The maximum absolute atomic E-state index is 4.19. The van der Waals surface area contributed by atoms with Gasteiger partial charge in [0.2, 0.25) is 0 Å². The topological polar surface area (TPSA) is 0 Å². The van der Waals surface area contributed by atoms with Crippen molar-refractivity contribution in [2.45, 2.75) is 100 Å². The van der Waals surface area contributed by atoms with Crippen molar-refractivity contribution in [3.05, 3.63) is 12.2 Å². The van der Waals surface area contributed by atoms with Crippen LogP contribution in [0.2, 0.25) is 0 Å². The van der Waals surface area contributed by atoms with Crippen LogP contribution in [-0.4, -0.2) is 0 Å². The summed E-state index contributed by atoms with van der Waals surface area (Å²) in [4.78, 5) is 0. The summed E-state index contributed by atoms with van der Waals surface area (Å²) in [5, 5.41) is 0. The van der Waals surface area contributed by atoms with Crippen molar-refractivity contribution < 1.29 is 0 Å². The minimum absolute atomic E-state index is 0.420. The molecule has 0 spiro atoms. The molecule has 0 aromatic carbocycles. The first kappa shape index (κ1) is 20.7. The van der Waals surface area contributed by atoms with Gasteiger partial charge in [0.15, 0.2) is 0 Å². The van der Waals surface area contributed by atoms with Crippen LogP contribution in [0.3, 0.4) is 0 Å². The summed E-state index contributed by atoms with van der Waals surface area (Å²) in [6.07, 6.45) is 9.09. The Kier molecular flexibility index (Phi) is 8.90. The molecule has 21 heavy (non-hydrogen) atoms. The SMILES string of the molecule is C=C(CC)CC(C)(C)CCC(C)CC(C)(C)CCC(C)C. The summed E-state index contributed by atoms with van der Waals surface area (Å²) in [6, 6.07) is 0. The first-order valence-corrected chi connectivity index (χ1v) is 9.14. The molecule has 0 bridgehead atoms. The molecular weight excluding hydrogens is 252 g/mol. The van der Waals surface area contributed by atoms with Gasteiger partial charge in [-0.3, -0.25) is 0 Å². The van der Waals surface area contributed by atoms with E-state index in [1.54, 1.807) is 0 Å². The molecule has 0 nitrogen and oxygen atoms in total. The van der Waals surface area contributed by atoms with E-state index in [2.05, 4.69) is 62.0 Å². The van der Waals surface area contributed by atoms with Gasteiger partial charge in [-0.2, -0.15) is 0 Å². The van der Waals surface area contributed by atoms with Crippen LogP contribution in [0, 0.1) is 22.7 Å². The third kappa shape index (κ3) is 11.0. The Hall–Kier alpha value is -0.260. The Morgan fingerprint density at radius 1 is 0.905 bits per heavy atom. The maximum atomic E-state index is 4.19. The lowest BCUT2D eigenvalue weighted by Gasteiger charge is -2.31. The van der Waals surface area contributed by atoms with Gasteiger partial charge in [0.1, 0.15) is 0 Å². The molecule has 0 amide bonds. The molecule has 0 heteroatoms. The van der Waals surface area contributed by atoms with Gasteiger partial charge in [-0.25, -0.2) is 0 Å². The van der Waals surface area contributed by atoms with E-state index < -0.39 is 0 Å². The molecule has 1 atom stereocenters. The lowest BCUT2D eigenvalue weighted by atomic mass is 9.74. The second kappa shape index (κ2) is 9.01. The predicted molar refractivity (Wildman–Crippen MR) is 98.7 cm³/mol. The van der Waals surface area contributed by atoms with Crippen LogP contribution in [0.4, 0.5) is 0 Å². The molecule has 0 aromatic heterocycles. The number of hydrogen-bond acceptors (Lipinski definition) is 0. The Labute approximate surface area is 135 Å². The minimum Gasteiger partial charge on any atom is -0.0999 e. The first-order chi connectivity index (χ1) is 9.47. The molecule has 0 saturated heterocycles. The zero-order valence-electron chi connectivity index (χ0n) is 16.3. The van der Waals surface area contributed by atoms with Crippen LogP contribution in [0.1, 0.15) is 100 Å². The van der Waals surface area contributed by atoms with E-state index >= 15 is 0 Å². The summed E-state index contributed by atoms with van der Waals surface area (Å²) >= 11 is 0. The molecule has 0 rings (SSSR count). The highest BCUT2D eigenvalue weighted by Crippen LogP contribution is 2.37. The summed E-state index contributed by atoms with van der Waals surface area (Å²) in [5.74, 6) is 1.67. The second-order valence-electron chi connectivity index (χ2n) is 9.39. The third-order valence-electron chi connectivity index (χ3n) is 4.84. The van der Waals surface area contributed by atoms with Crippen molar-refractivity contribution in [2.75, 3.05) is 0 Å². The largest absolute Gasteiger partial charge is 0.0999 e. The predicted octanol–water partition coefficient (Wildman–Crippen LogP) is 7.64. The Bertz CT molecular complexity index is 293. The monoisotopic (exact) mass is 294 g/mol. The smallest absolute Gasteiger partial charge is 0.0271 e. The molecule has 126 valence electrons. The van der Waals surface area contributed by atoms with Crippen molar-refractivity contribution >= 4 is 0 Å². The molecule has 0 saturated carbocycles. The van der Waals surface area contributed by atoms with Gasteiger partial charge in [-0.1, -0.05) is 80.4 Å². The van der Waals surface area contributed by atoms with Crippen LogP contribution >= 0.6 is 0 Å². The molecule has 0 radical (unpaired) electrons. The minimum atomic E-state index is 0.420. The number of allylic oxidation sites excluding steroid dienone is 1. The van der Waals surface area contributed by atoms with E-state index in [0.29, 0.717) is 10.8 Å². The Balaban J connectivity index is 4.18. The van der Waals surface area contributed by atoms with E-state index in [1.165, 1.54) is 44.1 Å². The van der Waals surface area contributed by atoms with Crippen LogP contribution in [-0.2, 0) is 0 Å². The fourth-order valence-electron chi connectivity index (χ4n) is 3.35. The van der Waals surface area contributed by atoms with Crippen molar-refractivity contribution in [3.8, 4) is 0 Å². The van der Waals surface area contributed by atoms with Crippen LogP contribution in [0.15, 0.2) is 12.2 Å². The van der Waals surface area contributed by atoms with E-state index in [-0.39, 0.29) is 0 Å². The zero-order chi connectivity index (χ0) is 16.7. The molecule has 0 aliphatic rings. The van der Waals surface area contributed by atoms with Crippen molar-refractivity contribution in [3.63, 3.8) is 0 Å². The Morgan fingerprint density at radius 3 is 1.90 bits per heavy atom. The lowest BCUT2D eigenvalue weighted by Crippen LogP contribution is -2.19. The van der Waals surface area contributed by atoms with Crippen molar-refractivity contribution in [1.82, 2.24) is 0 Å². The van der Waals surface area contributed by atoms with E-state index in [0.717, 1.165) is 18.3 Å². The van der Waals surface area contributed by atoms with Crippen LogP contribution < -0.4 is 0 Å². The van der Waals surface area contributed by atoms with Gasteiger partial charge >= 0.3 is 0 Å². The maximum Gasteiger partial charge on any atom is -0.0271 e. The highest BCUT2D eigenvalue weighted by Gasteiger charge is 2.24. The summed E-state index contributed by atoms with van der Waals surface area (Å²) in [5.41, 5.74) is 2.33. The molecule has 0 N–H and O–H groups in total. The van der Waals surface area contributed by atoms with Gasteiger partial charge in [0, 0.05) is 0 Å². The fraction of sp³-hybridized carbons (Fsp3) is 0.905. The first-order valence-electron chi connectivity index (χ1n) is 9.14. The highest BCUT2D eigenvalue weighted by molar-refractivity contribution is 4.97. The lowest BCUT2D eigenvalue weighted by molar-refractivity contribution is 0.212. The average molecular weight is 295 g/mol. The normalized spacial score (nSPS) is 14.5. The van der Waals surface area contributed by atoms with Crippen LogP contribution in [0.5, 0.6) is 0 Å².